The predicted octanol–water partition coefficient (Wildman–Crippen LogP) is 2.34. The molecule has 0 unspecified atom stereocenters. The van der Waals surface area contributed by atoms with Crippen molar-refractivity contribution in [1.82, 2.24) is 9.97 Å². The lowest BCUT2D eigenvalue weighted by Crippen LogP contribution is -2.21. The van der Waals surface area contributed by atoms with Crippen molar-refractivity contribution in [1.29, 1.82) is 0 Å². The van der Waals surface area contributed by atoms with Crippen molar-refractivity contribution in [2.24, 2.45) is 0 Å². The van der Waals surface area contributed by atoms with Gasteiger partial charge in [0.1, 0.15) is 23.6 Å². The Morgan fingerprint density at radius 3 is 2.77 bits per heavy atom. The topological polar surface area (TPSA) is 67.3 Å². The first kappa shape index (κ1) is 14.3. The van der Waals surface area contributed by atoms with Gasteiger partial charge in [0.15, 0.2) is 0 Å². The molecule has 1 aliphatic rings. The maximum atomic E-state index is 12.4. The highest BCUT2D eigenvalue weighted by molar-refractivity contribution is 6.04. The summed E-state index contributed by atoms with van der Waals surface area (Å²) >= 11 is 0. The molecule has 114 valence electrons. The number of nitrogens with one attached hydrogen (secondary N) is 1. The molecular weight excluding hydrogens is 280 g/mol. The van der Waals surface area contributed by atoms with E-state index in [1.807, 2.05) is 12.1 Å². The first-order valence-electron chi connectivity index (χ1n) is 7.29. The summed E-state index contributed by atoms with van der Waals surface area (Å²) in [5.41, 5.74) is 0.971. The van der Waals surface area contributed by atoms with E-state index in [0.29, 0.717) is 17.1 Å². The van der Waals surface area contributed by atoms with Gasteiger partial charge in [-0.3, -0.25) is 4.79 Å². The molecule has 1 aliphatic heterocycles. The van der Waals surface area contributed by atoms with Gasteiger partial charge < -0.3 is 15.0 Å². The highest BCUT2D eigenvalue weighted by atomic mass is 16.5. The van der Waals surface area contributed by atoms with Crippen molar-refractivity contribution in [3.05, 3.63) is 42.4 Å². The van der Waals surface area contributed by atoms with Gasteiger partial charge in [0.25, 0.3) is 5.91 Å². The molecule has 0 spiro atoms. The van der Waals surface area contributed by atoms with E-state index in [-0.39, 0.29) is 5.91 Å². The lowest BCUT2D eigenvalue weighted by molar-refractivity contribution is 0.102. The van der Waals surface area contributed by atoms with E-state index in [9.17, 15) is 4.79 Å². The minimum Gasteiger partial charge on any atom is -0.495 e. The normalized spacial score (nSPS) is 14.0. The Balaban J connectivity index is 1.78. The van der Waals surface area contributed by atoms with E-state index in [4.69, 9.17) is 4.74 Å². The average Bonchev–Trinajstić information content (AvgIpc) is 3.10. The molecule has 1 aromatic heterocycles. The van der Waals surface area contributed by atoms with Crippen LogP contribution in [0.3, 0.4) is 0 Å². The van der Waals surface area contributed by atoms with E-state index in [0.717, 1.165) is 31.7 Å². The lowest BCUT2D eigenvalue weighted by Gasteiger charge is -2.16. The molecule has 6 nitrogen and oxygen atoms in total. The number of benzene rings is 1. The standard InChI is InChI=1S/C16H18N4O2/c1-22-14-7-3-2-6-12(14)19-16(21)13-10-15(18-11-17-13)20-8-4-5-9-20/h2-3,6-7,10-11H,4-5,8-9H2,1H3,(H,19,21). The summed E-state index contributed by atoms with van der Waals surface area (Å²) < 4.78 is 5.23. The number of hydrogen-bond acceptors (Lipinski definition) is 5. The van der Waals surface area contributed by atoms with E-state index < -0.39 is 0 Å². The monoisotopic (exact) mass is 298 g/mol. The second-order valence-corrected chi connectivity index (χ2v) is 5.11. The van der Waals surface area contributed by atoms with Crippen LogP contribution >= 0.6 is 0 Å². The molecular formula is C16H18N4O2. The number of methoxy groups -OCH3 is 1. The van der Waals surface area contributed by atoms with Gasteiger partial charge in [-0.15, -0.1) is 0 Å². The molecule has 1 amide bonds. The third kappa shape index (κ3) is 3.00. The van der Waals surface area contributed by atoms with E-state index in [2.05, 4.69) is 20.2 Å². The highest BCUT2D eigenvalue weighted by Gasteiger charge is 2.17. The number of amides is 1. The summed E-state index contributed by atoms with van der Waals surface area (Å²) in [6, 6.07) is 9.01. The van der Waals surface area contributed by atoms with E-state index >= 15 is 0 Å². The second kappa shape index (κ2) is 6.43. The summed E-state index contributed by atoms with van der Waals surface area (Å²) in [6.45, 7) is 1.95. The van der Waals surface area contributed by atoms with Gasteiger partial charge in [0.05, 0.1) is 12.8 Å². The van der Waals surface area contributed by atoms with E-state index in [1.54, 1.807) is 25.3 Å². The molecule has 0 aliphatic carbocycles. The fourth-order valence-electron chi connectivity index (χ4n) is 2.52. The van der Waals surface area contributed by atoms with Gasteiger partial charge in [0, 0.05) is 19.2 Å². The number of ether oxygens (including phenoxy) is 1. The van der Waals surface area contributed by atoms with Crippen LogP contribution in [-0.4, -0.2) is 36.1 Å². The molecule has 6 heteroatoms. The maximum Gasteiger partial charge on any atom is 0.274 e. The summed E-state index contributed by atoms with van der Waals surface area (Å²) in [5, 5.41) is 2.82. The van der Waals surface area contributed by atoms with Crippen molar-refractivity contribution >= 4 is 17.4 Å². The number of rotatable bonds is 4. The number of aromatic nitrogens is 2. The molecule has 22 heavy (non-hydrogen) atoms. The molecule has 0 bridgehead atoms. The Morgan fingerprint density at radius 2 is 2.00 bits per heavy atom. The average molecular weight is 298 g/mol. The summed E-state index contributed by atoms with van der Waals surface area (Å²) in [7, 11) is 1.57. The first-order chi connectivity index (χ1) is 10.8. The second-order valence-electron chi connectivity index (χ2n) is 5.11. The van der Waals surface area contributed by atoms with Crippen LogP contribution in [0.25, 0.3) is 0 Å². The van der Waals surface area contributed by atoms with Gasteiger partial charge >= 0.3 is 0 Å². The number of para-hydroxylation sites is 2. The zero-order valence-corrected chi connectivity index (χ0v) is 12.5. The first-order valence-corrected chi connectivity index (χ1v) is 7.29. The molecule has 1 fully saturated rings. The van der Waals surface area contributed by atoms with Crippen molar-refractivity contribution in [2.45, 2.75) is 12.8 Å². The molecule has 1 aromatic carbocycles. The molecule has 2 heterocycles. The summed E-state index contributed by atoms with van der Waals surface area (Å²) in [6.07, 6.45) is 3.75. The maximum absolute atomic E-state index is 12.4. The quantitative estimate of drug-likeness (QED) is 0.938. The lowest BCUT2D eigenvalue weighted by atomic mass is 10.2. The van der Waals surface area contributed by atoms with Crippen LogP contribution in [0, 0.1) is 0 Å². The van der Waals surface area contributed by atoms with E-state index in [1.165, 1.54) is 6.33 Å². The minimum atomic E-state index is -0.271. The smallest absolute Gasteiger partial charge is 0.274 e. The van der Waals surface area contributed by atoms with Crippen molar-refractivity contribution in [3.63, 3.8) is 0 Å². The summed E-state index contributed by atoms with van der Waals surface area (Å²) in [4.78, 5) is 22.9. The van der Waals surface area contributed by atoms with Crippen LogP contribution in [0.15, 0.2) is 36.7 Å². The van der Waals surface area contributed by atoms with Crippen molar-refractivity contribution < 1.29 is 9.53 Å². The third-order valence-electron chi connectivity index (χ3n) is 3.67. The van der Waals surface area contributed by atoms with Gasteiger partial charge in [-0.2, -0.15) is 0 Å². The molecule has 0 radical (unpaired) electrons. The Morgan fingerprint density at radius 1 is 1.23 bits per heavy atom. The zero-order chi connectivity index (χ0) is 15.4. The number of nitrogens with zero attached hydrogens (tertiary/aromatic N) is 3. The van der Waals surface area contributed by atoms with Crippen LogP contribution in [0.1, 0.15) is 23.3 Å². The fraction of sp³-hybridized carbons (Fsp3) is 0.312. The van der Waals surface area contributed by atoms with Gasteiger partial charge in [-0.05, 0) is 25.0 Å². The van der Waals surface area contributed by atoms with Crippen LogP contribution in [-0.2, 0) is 0 Å². The number of carbonyl (C=O) groups excluding carboxylic acids is 1. The Hall–Kier alpha value is -2.63. The highest BCUT2D eigenvalue weighted by Crippen LogP contribution is 2.24. The van der Waals surface area contributed by atoms with Gasteiger partial charge in [0.2, 0.25) is 0 Å². The molecule has 1 N–H and O–H groups in total. The van der Waals surface area contributed by atoms with Gasteiger partial charge in [-0.1, -0.05) is 12.1 Å². The SMILES string of the molecule is COc1ccccc1NC(=O)c1cc(N2CCCC2)ncn1. The van der Waals surface area contributed by atoms with Gasteiger partial charge in [-0.25, -0.2) is 9.97 Å². The molecule has 3 rings (SSSR count). The number of anilines is 2. The molecule has 0 saturated carbocycles. The largest absolute Gasteiger partial charge is 0.495 e. The van der Waals surface area contributed by atoms with Crippen LogP contribution in [0.2, 0.25) is 0 Å². The number of carbonyl (C=O) groups is 1. The number of hydrogen-bond donors (Lipinski definition) is 1. The molecule has 2 aromatic rings. The van der Waals surface area contributed by atoms with Crippen LogP contribution in [0.4, 0.5) is 11.5 Å². The van der Waals surface area contributed by atoms with Crippen LogP contribution < -0.4 is 15.0 Å². The molecule has 0 atom stereocenters. The van der Waals surface area contributed by atoms with Crippen molar-refractivity contribution in [2.75, 3.05) is 30.4 Å². The Kier molecular flexibility index (Phi) is 4.18. The van der Waals surface area contributed by atoms with Crippen molar-refractivity contribution in [3.8, 4) is 5.75 Å². The zero-order valence-electron chi connectivity index (χ0n) is 12.5. The predicted molar refractivity (Wildman–Crippen MR) is 84.4 cm³/mol. The molecule has 1 saturated heterocycles. The third-order valence-corrected chi connectivity index (χ3v) is 3.67. The Bertz CT molecular complexity index is 669. The summed E-state index contributed by atoms with van der Waals surface area (Å²) in [5.74, 6) is 1.15. The Labute approximate surface area is 129 Å². The minimum absolute atomic E-state index is 0.271. The van der Waals surface area contributed by atoms with Crippen LogP contribution in [0.5, 0.6) is 5.75 Å². The fourth-order valence-corrected chi connectivity index (χ4v) is 2.52.